The van der Waals surface area contributed by atoms with Crippen LogP contribution in [0.2, 0.25) is 0 Å². The minimum absolute atomic E-state index is 0.0717. The molecule has 0 saturated carbocycles. The summed E-state index contributed by atoms with van der Waals surface area (Å²) in [5.74, 6) is -0.0717. The highest BCUT2D eigenvalue weighted by atomic mass is 19.3. The Morgan fingerprint density at radius 2 is 1.95 bits per heavy atom. The summed E-state index contributed by atoms with van der Waals surface area (Å²) < 4.78 is 29.0. The summed E-state index contributed by atoms with van der Waals surface area (Å²) in [6.45, 7) is -2.97. The molecule has 8 heteroatoms. The van der Waals surface area contributed by atoms with E-state index in [2.05, 4.69) is 10.1 Å². The van der Waals surface area contributed by atoms with Crippen molar-refractivity contribution in [3.8, 4) is 5.75 Å². The van der Waals surface area contributed by atoms with E-state index in [-0.39, 0.29) is 22.8 Å². The van der Waals surface area contributed by atoms with Gasteiger partial charge >= 0.3 is 6.61 Å². The van der Waals surface area contributed by atoms with E-state index in [0.29, 0.717) is 5.69 Å². The van der Waals surface area contributed by atoms with Gasteiger partial charge in [-0.3, -0.25) is 10.1 Å². The maximum atomic E-state index is 12.3. The maximum Gasteiger partial charge on any atom is 0.387 e. The summed E-state index contributed by atoms with van der Waals surface area (Å²) in [5.41, 5.74) is 6.10. The number of hydrogen-bond acceptors (Lipinski definition) is 5. The number of anilines is 3. The van der Waals surface area contributed by atoms with Crippen LogP contribution in [0.25, 0.3) is 0 Å². The van der Waals surface area contributed by atoms with Crippen molar-refractivity contribution < 1.29 is 18.4 Å². The molecular formula is C13H11F2N3O3. The molecule has 0 aliphatic heterocycles. The molecule has 0 saturated heterocycles. The van der Waals surface area contributed by atoms with Crippen LogP contribution < -0.4 is 15.8 Å². The summed E-state index contributed by atoms with van der Waals surface area (Å²) >= 11 is 0. The monoisotopic (exact) mass is 295 g/mol. The standard InChI is InChI=1S/C13H11F2N3O3/c14-13(15)21-12-4-2-1-3-11(12)17-9-5-8(16)6-10(7-9)18(19)20/h1-7,13,17H,16H2. The Bertz CT molecular complexity index is 665. The van der Waals surface area contributed by atoms with Crippen molar-refractivity contribution in [1.82, 2.24) is 0 Å². The number of halogens is 2. The molecule has 2 aromatic rings. The summed E-state index contributed by atoms with van der Waals surface area (Å²) in [4.78, 5) is 10.2. The fourth-order valence-corrected chi connectivity index (χ4v) is 1.74. The topological polar surface area (TPSA) is 90.4 Å². The molecular weight excluding hydrogens is 284 g/mol. The molecule has 0 heterocycles. The van der Waals surface area contributed by atoms with Gasteiger partial charge in [-0.05, 0) is 18.2 Å². The highest BCUT2D eigenvalue weighted by Crippen LogP contribution is 2.31. The van der Waals surface area contributed by atoms with Crippen LogP contribution in [0.3, 0.4) is 0 Å². The summed E-state index contributed by atoms with van der Waals surface area (Å²) in [5, 5.41) is 13.5. The molecule has 0 radical (unpaired) electrons. The average molecular weight is 295 g/mol. The zero-order valence-electron chi connectivity index (χ0n) is 10.6. The minimum atomic E-state index is -2.97. The van der Waals surface area contributed by atoms with E-state index in [0.717, 1.165) is 0 Å². The van der Waals surface area contributed by atoms with Gasteiger partial charge in [0.25, 0.3) is 5.69 Å². The molecule has 0 aliphatic carbocycles. The van der Waals surface area contributed by atoms with E-state index >= 15 is 0 Å². The largest absolute Gasteiger partial charge is 0.433 e. The molecule has 0 amide bonds. The summed E-state index contributed by atoms with van der Waals surface area (Å²) in [7, 11) is 0. The highest BCUT2D eigenvalue weighted by molar-refractivity contribution is 5.71. The van der Waals surface area contributed by atoms with Gasteiger partial charge in [0.2, 0.25) is 0 Å². The number of nitro benzene ring substituents is 1. The third kappa shape index (κ3) is 3.78. The first-order valence-corrected chi connectivity index (χ1v) is 5.81. The molecule has 0 fully saturated rings. The molecule has 0 atom stereocenters. The van der Waals surface area contributed by atoms with Crippen LogP contribution in [-0.2, 0) is 0 Å². The maximum absolute atomic E-state index is 12.3. The van der Waals surface area contributed by atoms with Gasteiger partial charge in [0, 0.05) is 23.5 Å². The van der Waals surface area contributed by atoms with Crippen LogP contribution in [0.15, 0.2) is 42.5 Å². The van der Waals surface area contributed by atoms with E-state index < -0.39 is 11.5 Å². The number of nitrogens with zero attached hydrogens (tertiary/aromatic N) is 1. The van der Waals surface area contributed by atoms with E-state index in [1.54, 1.807) is 6.07 Å². The quantitative estimate of drug-likeness (QED) is 0.500. The van der Waals surface area contributed by atoms with Gasteiger partial charge in [-0.25, -0.2) is 0 Å². The van der Waals surface area contributed by atoms with Gasteiger partial charge in [0.05, 0.1) is 10.6 Å². The zero-order valence-corrected chi connectivity index (χ0v) is 10.6. The number of nitrogens with two attached hydrogens (primary N) is 1. The first kappa shape index (κ1) is 14.5. The van der Waals surface area contributed by atoms with Gasteiger partial charge in [0.1, 0.15) is 5.75 Å². The van der Waals surface area contributed by atoms with Crippen LogP contribution in [0, 0.1) is 10.1 Å². The Labute approximate surface area is 118 Å². The lowest BCUT2D eigenvalue weighted by molar-refractivity contribution is -0.384. The Hall–Kier alpha value is -2.90. The number of benzene rings is 2. The number of nitrogens with one attached hydrogen (secondary N) is 1. The van der Waals surface area contributed by atoms with Crippen LogP contribution in [0.4, 0.5) is 31.5 Å². The number of alkyl halides is 2. The minimum Gasteiger partial charge on any atom is -0.433 e. The highest BCUT2D eigenvalue weighted by Gasteiger charge is 2.12. The van der Waals surface area contributed by atoms with Crippen molar-refractivity contribution >= 4 is 22.7 Å². The van der Waals surface area contributed by atoms with E-state index in [9.17, 15) is 18.9 Å². The number of non-ortho nitro benzene ring substituents is 1. The Kier molecular flexibility index (Phi) is 4.17. The smallest absolute Gasteiger partial charge is 0.387 e. The second-order valence-corrected chi connectivity index (χ2v) is 4.07. The lowest BCUT2D eigenvalue weighted by atomic mass is 10.2. The molecule has 6 nitrogen and oxygen atoms in total. The van der Waals surface area contributed by atoms with Crippen LogP contribution in [0.1, 0.15) is 0 Å². The first-order chi connectivity index (χ1) is 9.95. The Morgan fingerprint density at radius 1 is 1.24 bits per heavy atom. The average Bonchev–Trinajstić information content (AvgIpc) is 2.39. The Morgan fingerprint density at radius 3 is 2.62 bits per heavy atom. The van der Waals surface area contributed by atoms with Crippen LogP contribution in [0.5, 0.6) is 5.75 Å². The summed E-state index contributed by atoms with van der Waals surface area (Å²) in [6.07, 6.45) is 0. The third-order valence-corrected chi connectivity index (χ3v) is 2.53. The van der Waals surface area contributed by atoms with E-state index in [1.807, 2.05) is 0 Å². The van der Waals surface area contributed by atoms with Crippen molar-refractivity contribution in [2.45, 2.75) is 6.61 Å². The number of nitrogen functional groups attached to an aromatic ring is 1. The van der Waals surface area contributed by atoms with Crippen molar-refractivity contribution in [2.24, 2.45) is 0 Å². The normalized spacial score (nSPS) is 10.4. The molecule has 2 aromatic carbocycles. The van der Waals surface area contributed by atoms with Gasteiger partial charge in [-0.1, -0.05) is 12.1 Å². The molecule has 0 aromatic heterocycles. The van der Waals surface area contributed by atoms with Crippen LogP contribution >= 0.6 is 0 Å². The molecule has 21 heavy (non-hydrogen) atoms. The van der Waals surface area contributed by atoms with Crippen molar-refractivity contribution in [2.75, 3.05) is 11.1 Å². The number of para-hydroxylation sites is 2. The fraction of sp³-hybridized carbons (Fsp3) is 0.0769. The van der Waals surface area contributed by atoms with Crippen molar-refractivity contribution in [3.05, 3.63) is 52.6 Å². The molecule has 3 N–H and O–H groups in total. The van der Waals surface area contributed by atoms with Crippen molar-refractivity contribution in [1.29, 1.82) is 0 Å². The third-order valence-electron chi connectivity index (χ3n) is 2.53. The molecule has 0 aliphatic rings. The molecule has 0 spiro atoms. The fourth-order valence-electron chi connectivity index (χ4n) is 1.74. The van der Waals surface area contributed by atoms with Gasteiger partial charge in [-0.15, -0.1) is 0 Å². The molecule has 110 valence electrons. The predicted molar refractivity (Wildman–Crippen MR) is 73.9 cm³/mol. The SMILES string of the molecule is Nc1cc(Nc2ccccc2OC(F)F)cc([N+](=O)[O-])c1. The number of ether oxygens (including phenoxy) is 1. The van der Waals surface area contributed by atoms with Crippen LogP contribution in [-0.4, -0.2) is 11.5 Å². The molecule has 0 unspecified atom stereocenters. The first-order valence-electron chi connectivity index (χ1n) is 5.81. The van der Waals surface area contributed by atoms with Crippen molar-refractivity contribution in [3.63, 3.8) is 0 Å². The van der Waals surface area contributed by atoms with E-state index in [1.165, 1.54) is 36.4 Å². The number of rotatable bonds is 5. The molecule has 0 bridgehead atoms. The lowest BCUT2D eigenvalue weighted by Gasteiger charge is -2.12. The van der Waals surface area contributed by atoms with E-state index in [4.69, 9.17) is 5.73 Å². The van der Waals surface area contributed by atoms with Gasteiger partial charge in [0.15, 0.2) is 0 Å². The Balaban J connectivity index is 2.32. The lowest BCUT2D eigenvalue weighted by Crippen LogP contribution is -2.04. The zero-order chi connectivity index (χ0) is 15.4. The second kappa shape index (κ2) is 6.04. The number of hydrogen-bond donors (Lipinski definition) is 2. The second-order valence-electron chi connectivity index (χ2n) is 4.07. The number of nitro groups is 1. The van der Waals surface area contributed by atoms with Gasteiger partial charge in [-0.2, -0.15) is 8.78 Å². The summed E-state index contributed by atoms with van der Waals surface area (Å²) in [6, 6.07) is 9.91. The molecule has 2 rings (SSSR count). The predicted octanol–water partition coefficient (Wildman–Crippen LogP) is 3.52. The van der Waals surface area contributed by atoms with Gasteiger partial charge < -0.3 is 15.8 Å².